The lowest BCUT2D eigenvalue weighted by molar-refractivity contribution is -0.121. The topological polar surface area (TPSA) is 72.9 Å². The molecule has 118 valence electrons. The number of benzene rings is 1. The highest BCUT2D eigenvalue weighted by molar-refractivity contribution is 8.00. The van der Waals surface area contributed by atoms with Crippen LogP contribution in [0.5, 0.6) is 0 Å². The van der Waals surface area contributed by atoms with E-state index < -0.39 is 0 Å². The Bertz CT molecular complexity index is 646. The first kappa shape index (κ1) is 16.4. The third kappa shape index (κ3) is 4.27. The molecule has 0 aliphatic carbocycles. The Balaban J connectivity index is 2.11. The van der Waals surface area contributed by atoms with Crippen LogP contribution >= 0.6 is 11.8 Å². The van der Waals surface area contributed by atoms with Gasteiger partial charge < -0.3 is 11.2 Å². The molecule has 2 rings (SSSR count). The summed E-state index contributed by atoms with van der Waals surface area (Å²) >= 11 is 1.35. The lowest BCUT2D eigenvalue weighted by Crippen LogP contribution is -2.44. The van der Waals surface area contributed by atoms with Crippen molar-refractivity contribution in [3.63, 3.8) is 0 Å². The smallest absolute Gasteiger partial charge is 0.233 e. The van der Waals surface area contributed by atoms with Gasteiger partial charge in [-0.05, 0) is 27.7 Å². The molecule has 0 aliphatic heterocycles. The highest BCUT2D eigenvalue weighted by atomic mass is 32.2. The molecule has 0 saturated carbocycles. The van der Waals surface area contributed by atoms with E-state index in [4.69, 9.17) is 5.84 Å². The first-order chi connectivity index (χ1) is 10.3. The number of hydrogen-bond donors (Lipinski definition) is 2. The van der Waals surface area contributed by atoms with Crippen molar-refractivity contribution in [3.05, 3.63) is 36.5 Å². The minimum atomic E-state index is -0.271. The van der Waals surface area contributed by atoms with E-state index in [1.165, 1.54) is 16.4 Å². The maximum absolute atomic E-state index is 12.1. The Morgan fingerprint density at radius 2 is 1.95 bits per heavy atom. The van der Waals surface area contributed by atoms with Gasteiger partial charge in [-0.1, -0.05) is 42.1 Å². The zero-order valence-electron chi connectivity index (χ0n) is 13.3. The third-order valence-electron chi connectivity index (χ3n) is 2.92. The molecule has 1 aromatic carbocycles. The molecule has 2 aromatic rings. The highest BCUT2D eigenvalue weighted by Crippen LogP contribution is 2.26. The molecule has 1 amide bonds. The Hall–Kier alpha value is -1.95. The molecule has 1 unspecified atom stereocenters. The van der Waals surface area contributed by atoms with Crippen LogP contribution in [0.3, 0.4) is 0 Å². The highest BCUT2D eigenvalue weighted by Gasteiger charge is 2.22. The standard InChI is InChI=1S/C16H22N4OS/c1-11(14(21)19-16(2,3)4)22-15-18-13(10-20(15)17)12-8-6-5-7-9-12/h5-11H,17H2,1-4H3,(H,19,21). The molecule has 5 nitrogen and oxygen atoms in total. The van der Waals surface area contributed by atoms with Gasteiger partial charge in [-0.2, -0.15) is 0 Å². The Morgan fingerprint density at radius 1 is 1.32 bits per heavy atom. The van der Waals surface area contributed by atoms with Gasteiger partial charge >= 0.3 is 0 Å². The second-order valence-corrected chi connectivity index (χ2v) is 7.49. The zero-order valence-corrected chi connectivity index (χ0v) is 14.1. The van der Waals surface area contributed by atoms with Crippen LogP contribution in [0.4, 0.5) is 0 Å². The number of nitrogens with two attached hydrogens (primary N) is 1. The van der Waals surface area contributed by atoms with Gasteiger partial charge in [0, 0.05) is 11.1 Å². The number of aromatic nitrogens is 2. The van der Waals surface area contributed by atoms with Crippen molar-refractivity contribution < 1.29 is 4.79 Å². The van der Waals surface area contributed by atoms with Gasteiger partial charge in [0.25, 0.3) is 0 Å². The first-order valence-electron chi connectivity index (χ1n) is 7.15. The summed E-state index contributed by atoms with van der Waals surface area (Å²) in [5.41, 5.74) is 1.55. The minimum absolute atomic E-state index is 0.0261. The predicted octanol–water partition coefficient (Wildman–Crippen LogP) is 2.66. The molecule has 0 aliphatic rings. The van der Waals surface area contributed by atoms with Crippen LogP contribution in [0.1, 0.15) is 27.7 Å². The number of carbonyl (C=O) groups excluding carboxylic acids is 1. The van der Waals surface area contributed by atoms with Gasteiger partial charge in [-0.3, -0.25) is 4.79 Å². The number of imidazole rings is 1. The second-order valence-electron chi connectivity index (χ2n) is 6.18. The molecule has 0 saturated heterocycles. The van der Waals surface area contributed by atoms with E-state index in [-0.39, 0.29) is 16.7 Å². The van der Waals surface area contributed by atoms with Crippen molar-refractivity contribution in [1.82, 2.24) is 15.0 Å². The normalized spacial score (nSPS) is 12.9. The van der Waals surface area contributed by atoms with Crippen molar-refractivity contribution in [3.8, 4) is 11.3 Å². The molecule has 0 fully saturated rings. The van der Waals surface area contributed by atoms with E-state index in [1.807, 2.05) is 58.0 Å². The molecular formula is C16H22N4OS. The fourth-order valence-electron chi connectivity index (χ4n) is 1.89. The molecule has 6 heteroatoms. The van der Waals surface area contributed by atoms with Crippen LogP contribution in [-0.2, 0) is 4.79 Å². The van der Waals surface area contributed by atoms with Crippen LogP contribution in [0.25, 0.3) is 11.3 Å². The van der Waals surface area contributed by atoms with Gasteiger partial charge in [0.15, 0.2) is 5.16 Å². The van der Waals surface area contributed by atoms with Crippen LogP contribution in [0.2, 0.25) is 0 Å². The summed E-state index contributed by atoms with van der Waals surface area (Å²) in [4.78, 5) is 16.7. The Kier molecular flexibility index (Phi) is 4.81. The van der Waals surface area contributed by atoms with Gasteiger partial charge in [-0.15, -0.1) is 0 Å². The minimum Gasteiger partial charge on any atom is -0.351 e. The zero-order chi connectivity index (χ0) is 16.3. The Morgan fingerprint density at radius 3 is 2.55 bits per heavy atom. The predicted molar refractivity (Wildman–Crippen MR) is 91.0 cm³/mol. The lowest BCUT2D eigenvalue weighted by Gasteiger charge is -2.22. The number of rotatable bonds is 4. The van der Waals surface area contributed by atoms with E-state index in [1.54, 1.807) is 6.20 Å². The van der Waals surface area contributed by atoms with Crippen molar-refractivity contribution in [2.45, 2.75) is 43.6 Å². The van der Waals surface area contributed by atoms with Crippen LogP contribution in [0.15, 0.2) is 41.7 Å². The quantitative estimate of drug-likeness (QED) is 0.671. The molecular weight excluding hydrogens is 296 g/mol. The summed E-state index contributed by atoms with van der Waals surface area (Å²) in [5, 5.41) is 3.31. The summed E-state index contributed by atoms with van der Waals surface area (Å²) in [6.45, 7) is 7.72. The fourth-order valence-corrected chi connectivity index (χ4v) is 2.70. The third-order valence-corrected chi connectivity index (χ3v) is 4.00. The molecule has 0 spiro atoms. The summed E-state index contributed by atoms with van der Waals surface area (Å²) < 4.78 is 1.47. The molecule has 3 N–H and O–H groups in total. The number of nitrogens with one attached hydrogen (secondary N) is 1. The molecule has 1 heterocycles. The molecule has 0 radical (unpaired) electrons. The number of thioether (sulfide) groups is 1. The van der Waals surface area contributed by atoms with E-state index in [0.29, 0.717) is 5.16 Å². The number of nitrogens with zero attached hydrogens (tertiary/aromatic N) is 2. The van der Waals surface area contributed by atoms with Gasteiger partial charge in [-0.25, -0.2) is 9.66 Å². The Labute approximate surface area is 135 Å². The van der Waals surface area contributed by atoms with E-state index >= 15 is 0 Å². The molecule has 0 bridgehead atoms. The van der Waals surface area contributed by atoms with Crippen LogP contribution in [0, 0.1) is 0 Å². The summed E-state index contributed by atoms with van der Waals surface area (Å²) in [5.74, 6) is 5.93. The van der Waals surface area contributed by atoms with Gasteiger partial charge in [0.1, 0.15) is 0 Å². The first-order valence-corrected chi connectivity index (χ1v) is 8.03. The summed E-state index contributed by atoms with van der Waals surface area (Å²) in [7, 11) is 0. The van der Waals surface area contributed by atoms with E-state index in [2.05, 4.69) is 10.3 Å². The van der Waals surface area contributed by atoms with Gasteiger partial charge in [0.05, 0.1) is 17.1 Å². The summed E-state index contributed by atoms with van der Waals surface area (Å²) in [6.07, 6.45) is 1.77. The lowest BCUT2D eigenvalue weighted by atomic mass is 10.1. The van der Waals surface area contributed by atoms with Crippen molar-refractivity contribution in [2.24, 2.45) is 0 Å². The molecule has 1 aromatic heterocycles. The van der Waals surface area contributed by atoms with E-state index in [0.717, 1.165) is 11.3 Å². The van der Waals surface area contributed by atoms with Crippen molar-refractivity contribution in [1.29, 1.82) is 0 Å². The molecule has 1 atom stereocenters. The average Bonchev–Trinajstić information content (AvgIpc) is 2.79. The van der Waals surface area contributed by atoms with Gasteiger partial charge in [0.2, 0.25) is 5.91 Å². The average molecular weight is 318 g/mol. The fraction of sp³-hybridized carbons (Fsp3) is 0.375. The van der Waals surface area contributed by atoms with Crippen LogP contribution < -0.4 is 11.2 Å². The number of amides is 1. The molecule has 22 heavy (non-hydrogen) atoms. The van der Waals surface area contributed by atoms with Crippen molar-refractivity contribution >= 4 is 17.7 Å². The number of nitrogen functional groups attached to an aromatic ring is 1. The summed E-state index contributed by atoms with van der Waals surface area (Å²) in [6, 6.07) is 9.82. The maximum atomic E-state index is 12.1. The van der Waals surface area contributed by atoms with E-state index in [9.17, 15) is 4.79 Å². The second kappa shape index (κ2) is 6.44. The number of hydrogen-bond acceptors (Lipinski definition) is 4. The SMILES string of the molecule is CC(Sc1nc(-c2ccccc2)cn1N)C(=O)NC(C)(C)C. The monoisotopic (exact) mass is 318 g/mol. The number of carbonyl (C=O) groups is 1. The maximum Gasteiger partial charge on any atom is 0.233 e. The van der Waals surface area contributed by atoms with Crippen molar-refractivity contribution in [2.75, 3.05) is 5.84 Å². The largest absolute Gasteiger partial charge is 0.351 e. The van der Waals surface area contributed by atoms with Crippen LogP contribution in [-0.4, -0.2) is 26.4 Å².